The van der Waals surface area contributed by atoms with Gasteiger partial charge in [0.15, 0.2) is 0 Å². The molecule has 0 unspecified atom stereocenters. The number of aromatic nitrogens is 2. The third-order valence-electron chi connectivity index (χ3n) is 10.0. The molecule has 45 heavy (non-hydrogen) atoms. The average molecular weight is 637 g/mol. The van der Waals surface area contributed by atoms with Gasteiger partial charge in [-0.1, -0.05) is 29.8 Å². The molecule has 0 aliphatic carbocycles. The summed E-state index contributed by atoms with van der Waals surface area (Å²) >= 11 is 6.41. The van der Waals surface area contributed by atoms with Crippen molar-refractivity contribution in [1.29, 1.82) is 0 Å². The van der Waals surface area contributed by atoms with E-state index in [2.05, 4.69) is 27.1 Å². The van der Waals surface area contributed by atoms with Crippen molar-refractivity contribution in [2.24, 2.45) is 0 Å². The number of carbonyl (C=O) groups is 2. The van der Waals surface area contributed by atoms with Crippen LogP contribution in [0, 0.1) is 6.92 Å². The molecule has 2 aromatic carbocycles. The van der Waals surface area contributed by atoms with Crippen LogP contribution in [-0.2, 0) is 11.2 Å². The normalized spacial score (nSPS) is 20.1. The van der Waals surface area contributed by atoms with Gasteiger partial charge in [0.2, 0.25) is 5.91 Å². The summed E-state index contributed by atoms with van der Waals surface area (Å²) in [6, 6.07) is 10.9. The van der Waals surface area contributed by atoms with Gasteiger partial charge in [0.25, 0.3) is 0 Å². The van der Waals surface area contributed by atoms with Crippen LogP contribution in [0.15, 0.2) is 41.2 Å². The molecule has 3 aliphatic rings. The minimum absolute atomic E-state index is 0.00313. The number of urea groups is 1. The second kappa shape index (κ2) is 13.4. The molecule has 1 aromatic heterocycles. The van der Waals surface area contributed by atoms with Gasteiger partial charge in [0.1, 0.15) is 6.04 Å². The number of nitrogens with zero attached hydrogens (tertiary/aromatic N) is 5. The summed E-state index contributed by atoms with van der Waals surface area (Å²) in [5.74, 6) is -0.0639. The zero-order valence-corrected chi connectivity index (χ0v) is 27.1. The Morgan fingerprint density at radius 3 is 2.29 bits per heavy atom. The first-order valence-corrected chi connectivity index (χ1v) is 16.6. The molecule has 1 atom stereocenters. The smallest absolute Gasteiger partial charge is 0.326 e. The Balaban J connectivity index is 1.12. The number of amides is 3. The van der Waals surface area contributed by atoms with Crippen molar-refractivity contribution in [1.82, 2.24) is 34.5 Å². The SMILES string of the molecule is Cc1cc(C[C@@H](NC(=O)N2CCC(n3c(=O)[nH]c4ccccc43)CC2)C(=O)N2CCC(N3CCN(C)CC3)CC2)cc(Cl)c1N. The summed E-state index contributed by atoms with van der Waals surface area (Å²) in [5.41, 5.74) is 9.88. The first-order chi connectivity index (χ1) is 21.7. The topological polar surface area (TPSA) is 123 Å². The fourth-order valence-electron chi connectivity index (χ4n) is 7.24. The van der Waals surface area contributed by atoms with Gasteiger partial charge in [-0.15, -0.1) is 0 Å². The Labute approximate surface area is 269 Å². The van der Waals surface area contributed by atoms with Crippen LogP contribution < -0.4 is 16.7 Å². The molecule has 0 bridgehead atoms. The second-order valence-corrected chi connectivity index (χ2v) is 13.4. The molecular formula is C33H45ClN8O3. The van der Waals surface area contributed by atoms with Crippen molar-refractivity contribution in [2.75, 3.05) is 65.1 Å². The van der Waals surface area contributed by atoms with E-state index in [4.69, 9.17) is 17.3 Å². The summed E-state index contributed by atoms with van der Waals surface area (Å²) in [4.78, 5) is 51.9. The molecule has 3 aromatic rings. The van der Waals surface area contributed by atoms with Gasteiger partial charge in [-0.05, 0) is 69.0 Å². The van der Waals surface area contributed by atoms with Crippen molar-refractivity contribution < 1.29 is 9.59 Å². The molecule has 0 spiro atoms. The summed E-state index contributed by atoms with van der Waals surface area (Å²) in [6.45, 7) is 8.52. The maximum absolute atomic E-state index is 14.0. The van der Waals surface area contributed by atoms with Crippen LogP contribution in [0.1, 0.15) is 42.9 Å². The van der Waals surface area contributed by atoms with Gasteiger partial charge in [0.05, 0.1) is 21.7 Å². The van der Waals surface area contributed by atoms with Crippen molar-refractivity contribution in [3.8, 4) is 0 Å². The third kappa shape index (κ3) is 6.85. The number of piperazine rings is 1. The fraction of sp³-hybridized carbons (Fsp3) is 0.545. The molecule has 242 valence electrons. The van der Waals surface area contributed by atoms with Crippen LogP contribution in [-0.4, -0.2) is 113 Å². The summed E-state index contributed by atoms with van der Waals surface area (Å²) in [5, 5.41) is 3.54. The molecule has 0 radical (unpaired) electrons. The van der Waals surface area contributed by atoms with E-state index in [1.54, 1.807) is 11.0 Å². The number of para-hydroxylation sites is 2. The highest BCUT2D eigenvalue weighted by atomic mass is 35.5. The Bertz CT molecular complexity index is 1560. The Morgan fingerprint density at radius 2 is 1.60 bits per heavy atom. The molecular weight excluding hydrogens is 592 g/mol. The number of benzene rings is 2. The minimum atomic E-state index is -0.731. The number of anilines is 1. The molecule has 3 aliphatic heterocycles. The standard InChI is InChI=1S/C33H45ClN8O3/c1-22-19-23(20-26(34)30(22)35)21-28(31(43)40-11-7-24(8-12-40)39-17-15-38(2)16-18-39)37-32(44)41-13-9-25(10-14-41)42-29-6-4-3-5-27(29)36-33(42)45/h3-6,19-20,24-25,28H,7-18,21,35H2,1-2H3,(H,36,45)(H,37,44)/t28-/m1/s1. The summed E-state index contributed by atoms with van der Waals surface area (Å²) < 4.78 is 1.82. The number of aromatic amines is 1. The number of hydrogen-bond acceptors (Lipinski definition) is 6. The van der Waals surface area contributed by atoms with E-state index >= 15 is 0 Å². The van der Waals surface area contributed by atoms with Crippen LogP contribution in [0.3, 0.4) is 0 Å². The lowest BCUT2D eigenvalue weighted by Crippen LogP contribution is -2.57. The number of hydrogen-bond donors (Lipinski definition) is 3. The molecule has 0 saturated carbocycles. The minimum Gasteiger partial charge on any atom is -0.397 e. The summed E-state index contributed by atoms with van der Waals surface area (Å²) in [6.07, 6.45) is 3.50. The van der Waals surface area contributed by atoms with Gasteiger partial charge in [0, 0.05) is 70.9 Å². The van der Waals surface area contributed by atoms with Gasteiger partial charge in [-0.3, -0.25) is 14.3 Å². The van der Waals surface area contributed by atoms with E-state index in [1.807, 2.05) is 46.7 Å². The van der Waals surface area contributed by atoms with E-state index in [9.17, 15) is 14.4 Å². The Kier molecular flexibility index (Phi) is 9.39. The summed E-state index contributed by atoms with van der Waals surface area (Å²) in [7, 11) is 2.16. The molecule has 3 saturated heterocycles. The first kappa shape index (κ1) is 31.4. The number of aryl methyl sites for hydroxylation is 1. The van der Waals surface area contributed by atoms with Crippen molar-refractivity contribution in [3.05, 3.63) is 63.0 Å². The van der Waals surface area contributed by atoms with Gasteiger partial charge in [-0.2, -0.15) is 0 Å². The number of piperidine rings is 2. The fourth-order valence-corrected chi connectivity index (χ4v) is 7.53. The number of nitrogens with two attached hydrogens (primary N) is 1. The van der Waals surface area contributed by atoms with Crippen LogP contribution in [0.5, 0.6) is 0 Å². The van der Waals surface area contributed by atoms with Crippen LogP contribution in [0.25, 0.3) is 11.0 Å². The highest BCUT2D eigenvalue weighted by Gasteiger charge is 2.34. The molecule has 6 rings (SSSR count). The molecule has 4 heterocycles. The lowest BCUT2D eigenvalue weighted by atomic mass is 9.98. The van der Waals surface area contributed by atoms with E-state index in [-0.39, 0.29) is 23.7 Å². The van der Waals surface area contributed by atoms with Crippen molar-refractivity contribution in [2.45, 2.75) is 57.2 Å². The monoisotopic (exact) mass is 636 g/mol. The predicted molar refractivity (Wildman–Crippen MR) is 178 cm³/mol. The predicted octanol–water partition coefficient (Wildman–Crippen LogP) is 3.07. The number of imidazole rings is 1. The first-order valence-electron chi connectivity index (χ1n) is 16.2. The van der Waals surface area contributed by atoms with Crippen LogP contribution in [0.4, 0.5) is 10.5 Å². The lowest BCUT2D eigenvalue weighted by Gasteiger charge is -2.42. The number of H-pyrrole nitrogens is 1. The van der Waals surface area contributed by atoms with Crippen LogP contribution >= 0.6 is 11.6 Å². The molecule has 12 heteroatoms. The maximum atomic E-state index is 14.0. The second-order valence-electron chi connectivity index (χ2n) is 12.9. The number of fused-ring (bicyclic) bond motifs is 1. The number of nitrogens with one attached hydrogen (secondary N) is 2. The van der Waals surface area contributed by atoms with E-state index < -0.39 is 6.04 Å². The van der Waals surface area contributed by atoms with E-state index in [0.29, 0.717) is 62.2 Å². The quantitative estimate of drug-likeness (QED) is 0.358. The number of halogens is 1. The number of nitrogen functional groups attached to an aromatic ring is 1. The number of likely N-dealkylation sites (N-methyl/N-ethyl adjacent to an activating group) is 1. The zero-order chi connectivity index (χ0) is 31.7. The number of carbonyl (C=O) groups excluding carboxylic acids is 2. The Hall–Kier alpha value is -3.54. The van der Waals surface area contributed by atoms with Gasteiger partial charge >= 0.3 is 11.7 Å². The molecule has 4 N–H and O–H groups in total. The van der Waals surface area contributed by atoms with Crippen molar-refractivity contribution in [3.63, 3.8) is 0 Å². The van der Waals surface area contributed by atoms with Crippen LogP contribution in [0.2, 0.25) is 5.02 Å². The highest BCUT2D eigenvalue weighted by Crippen LogP contribution is 2.27. The molecule has 3 fully saturated rings. The van der Waals surface area contributed by atoms with E-state index in [1.165, 1.54) is 0 Å². The lowest BCUT2D eigenvalue weighted by molar-refractivity contribution is -0.135. The zero-order valence-electron chi connectivity index (χ0n) is 26.3. The maximum Gasteiger partial charge on any atom is 0.326 e. The van der Waals surface area contributed by atoms with Gasteiger partial charge < -0.3 is 30.7 Å². The number of likely N-dealkylation sites (tertiary alicyclic amines) is 2. The molecule has 11 nitrogen and oxygen atoms in total. The third-order valence-corrected chi connectivity index (χ3v) is 10.3. The molecule has 3 amide bonds. The highest BCUT2D eigenvalue weighted by molar-refractivity contribution is 6.33. The van der Waals surface area contributed by atoms with Gasteiger partial charge in [-0.25, -0.2) is 9.59 Å². The average Bonchev–Trinajstić information content (AvgIpc) is 3.39. The largest absolute Gasteiger partial charge is 0.397 e. The van der Waals surface area contributed by atoms with Crippen molar-refractivity contribution >= 4 is 40.3 Å². The number of rotatable bonds is 6. The van der Waals surface area contributed by atoms with E-state index in [0.717, 1.165) is 61.2 Å². The Morgan fingerprint density at radius 1 is 0.956 bits per heavy atom.